The number of aryl methyl sites for hydroxylation is 1. The Morgan fingerprint density at radius 1 is 1.21 bits per heavy atom. The number of hydrogen-bond acceptors (Lipinski definition) is 2. The van der Waals surface area contributed by atoms with Crippen LogP contribution in [-0.2, 0) is 6.42 Å². The van der Waals surface area contributed by atoms with Crippen LogP contribution in [0.4, 0.5) is 15.8 Å². The zero-order chi connectivity index (χ0) is 13.8. The van der Waals surface area contributed by atoms with Gasteiger partial charge in [-0.05, 0) is 54.8 Å². The Balaban J connectivity index is 1.96. The lowest BCUT2D eigenvalue weighted by Gasteiger charge is -2.09. The van der Waals surface area contributed by atoms with Gasteiger partial charge in [0.25, 0.3) is 0 Å². The third-order valence-corrected chi connectivity index (χ3v) is 3.53. The minimum Gasteiger partial charge on any atom is -0.396 e. The Kier molecular flexibility index (Phi) is 4.43. The summed E-state index contributed by atoms with van der Waals surface area (Å²) in [6, 6.07) is 11.0. The molecule has 100 valence electrons. The van der Waals surface area contributed by atoms with Gasteiger partial charge in [0, 0.05) is 16.7 Å². The van der Waals surface area contributed by atoms with Crippen molar-refractivity contribution in [3.63, 3.8) is 0 Å². The second-order valence-corrected chi connectivity index (χ2v) is 5.40. The first-order valence-electron chi connectivity index (χ1n) is 6.10. The predicted molar refractivity (Wildman–Crippen MR) is 81.9 cm³/mol. The summed E-state index contributed by atoms with van der Waals surface area (Å²) in [5.74, 6) is -0.386. The van der Waals surface area contributed by atoms with Gasteiger partial charge in [-0.1, -0.05) is 22.0 Å². The van der Waals surface area contributed by atoms with Gasteiger partial charge < -0.3 is 11.1 Å². The molecule has 4 heteroatoms. The monoisotopic (exact) mass is 322 g/mol. The molecule has 0 fully saturated rings. The van der Waals surface area contributed by atoms with Crippen molar-refractivity contribution in [2.75, 3.05) is 17.6 Å². The van der Waals surface area contributed by atoms with Crippen molar-refractivity contribution >= 4 is 27.3 Å². The summed E-state index contributed by atoms with van der Waals surface area (Å²) in [7, 11) is 0. The second kappa shape index (κ2) is 6.06. The van der Waals surface area contributed by atoms with Crippen molar-refractivity contribution in [2.45, 2.75) is 13.3 Å². The molecule has 0 heterocycles. The Bertz CT molecular complexity index is 584. The molecule has 0 aliphatic heterocycles. The van der Waals surface area contributed by atoms with E-state index < -0.39 is 0 Å². The Morgan fingerprint density at radius 2 is 2.00 bits per heavy atom. The number of halogens is 2. The minimum absolute atomic E-state index is 0.174. The molecule has 0 aliphatic carbocycles. The first-order chi connectivity index (χ1) is 9.06. The van der Waals surface area contributed by atoms with Crippen molar-refractivity contribution in [1.29, 1.82) is 0 Å². The molecule has 0 bridgehead atoms. The summed E-state index contributed by atoms with van der Waals surface area (Å²) in [4.78, 5) is 0. The maximum Gasteiger partial charge on any atom is 0.148 e. The first kappa shape index (κ1) is 13.9. The third-order valence-electron chi connectivity index (χ3n) is 3.04. The molecule has 0 atom stereocenters. The molecule has 0 radical (unpaired) electrons. The highest BCUT2D eigenvalue weighted by molar-refractivity contribution is 9.10. The zero-order valence-corrected chi connectivity index (χ0v) is 12.3. The molecule has 0 aromatic heterocycles. The quantitative estimate of drug-likeness (QED) is 0.830. The molecule has 0 saturated heterocycles. The number of hydrogen-bond donors (Lipinski definition) is 2. The van der Waals surface area contributed by atoms with E-state index in [4.69, 9.17) is 5.73 Å². The molecular weight excluding hydrogens is 307 g/mol. The van der Waals surface area contributed by atoms with Crippen LogP contribution in [0.5, 0.6) is 0 Å². The smallest absolute Gasteiger partial charge is 0.148 e. The molecule has 0 unspecified atom stereocenters. The van der Waals surface area contributed by atoms with Crippen LogP contribution in [0, 0.1) is 12.7 Å². The van der Waals surface area contributed by atoms with Crippen LogP contribution in [0.3, 0.4) is 0 Å². The van der Waals surface area contributed by atoms with E-state index in [1.165, 1.54) is 17.2 Å². The Morgan fingerprint density at radius 3 is 2.74 bits per heavy atom. The van der Waals surface area contributed by atoms with E-state index in [-0.39, 0.29) is 11.5 Å². The molecule has 2 rings (SSSR count). The van der Waals surface area contributed by atoms with Crippen LogP contribution in [0.2, 0.25) is 0 Å². The van der Waals surface area contributed by atoms with Gasteiger partial charge in [0.2, 0.25) is 0 Å². The number of anilines is 2. The summed E-state index contributed by atoms with van der Waals surface area (Å²) in [6.45, 7) is 2.84. The molecule has 0 aliphatic rings. The Labute approximate surface area is 121 Å². The zero-order valence-electron chi connectivity index (χ0n) is 10.7. The number of nitrogens with two attached hydrogens (primary N) is 1. The minimum atomic E-state index is -0.386. The number of rotatable bonds is 4. The maximum atomic E-state index is 13.3. The summed E-state index contributed by atoms with van der Waals surface area (Å²) >= 11 is 3.47. The van der Waals surface area contributed by atoms with Crippen LogP contribution < -0.4 is 11.1 Å². The fourth-order valence-electron chi connectivity index (χ4n) is 1.89. The van der Waals surface area contributed by atoms with E-state index in [9.17, 15) is 4.39 Å². The van der Waals surface area contributed by atoms with Gasteiger partial charge in [0.15, 0.2) is 0 Å². The van der Waals surface area contributed by atoms with Crippen LogP contribution in [-0.4, -0.2) is 6.54 Å². The molecule has 2 aromatic rings. The fraction of sp³-hybridized carbons (Fsp3) is 0.200. The number of nitrogens with one attached hydrogen (secondary N) is 1. The highest BCUT2D eigenvalue weighted by Crippen LogP contribution is 2.18. The summed E-state index contributed by atoms with van der Waals surface area (Å²) in [5, 5.41) is 3.20. The Hall–Kier alpha value is -1.55. The largest absolute Gasteiger partial charge is 0.396 e. The van der Waals surface area contributed by atoms with Crippen LogP contribution in [0.1, 0.15) is 11.1 Å². The van der Waals surface area contributed by atoms with E-state index in [0.29, 0.717) is 0 Å². The predicted octanol–water partition coefficient (Wildman–Crippen LogP) is 4.13. The normalized spacial score (nSPS) is 10.5. The number of benzene rings is 2. The van der Waals surface area contributed by atoms with Crippen molar-refractivity contribution in [2.24, 2.45) is 0 Å². The lowest BCUT2D eigenvalue weighted by molar-refractivity contribution is 0.633. The van der Waals surface area contributed by atoms with Crippen molar-refractivity contribution in [3.05, 3.63) is 57.8 Å². The van der Waals surface area contributed by atoms with Crippen molar-refractivity contribution in [3.8, 4) is 0 Å². The van der Waals surface area contributed by atoms with Gasteiger partial charge in [0.1, 0.15) is 5.82 Å². The number of nitrogen functional groups attached to an aromatic ring is 1. The SMILES string of the molecule is Cc1ccc(Br)cc1CCNc1ccc(N)c(F)c1. The van der Waals surface area contributed by atoms with E-state index in [1.807, 2.05) is 6.07 Å². The molecule has 0 spiro atoms. The van der Waals surface area contributed by atoms with E-state index in [0.717, 1.165) is 23.1 Å². The summed E-state index contributed by atoms with van der Waals surface area (Å²) < 4.78 is 14.4. The van der Waals surface area contributed by atoms with Gasteiger partial charge >= 0.3 is 0 Å². The van der Waals surface area contributed by atoms with E-state index >= 15 is 0 Å². The van der Waals surface area contributed by atoms with Crippen molar-refractivity contribution < 1.29 is 4.39 Å². The second-order valence-electron chi connectivity index (χ2n) is 4.48. The standard InChI is InChI=1S/C15H16BrFN2/c1-10-2-3-12(16)8-11(10)6-7-19-13-4-5-15(18)14(17)9-13/h2-5,8-9,19H,6-7,18H2,1H3. The topological polar surface area (TPSA) is 38.0 Å². The van der Waals surface area contributed by atoms with Crippen molar-refractivity contribution in [1.82, 2.24) is 0 Å². The van der Waals surface area contributed by atoms with Gasteiger partial charge in [-0.15, -0.1) is 0 Å². The van der Waals surface area contributed by atoms with Gasteiger partial charge in [-0.2, -0.15) is 0 Å². The van der Waals surface area contributed by atoms with Gasteiger partial charge in [-0.3, -0.25) is 0 Å². The van der Waals surface area contributed by atoms with Crippen LogP contribution in [0.25, 0.3) is 0 Å². The van der Waals surface area contributed by atoms with E-state index in [2.05, 4.69) is 40.3 Å². The van der Waals surface area contributed by atoms with E-state index in [1.54, 1.807) is 12.1 Å². The average Bonchev–Trinajstić information content (AvgIpc) is 2.38. The lowest BCUT2D eigenvalue weighted by Crippen LogP contribution is -2.06. The molecule has 2 nitrogen and oxygen atoms in total. The molecule has 0 amide bonds. The third kappa shape index (κ3) is 3.70. The summed E-state index contributed by atoms with van der Waals surface area (Å²) in [5.41, 5.74) is 8.89. The molecular formula is C15H16BrFN2. The molecule has 3 N–H and O–H groups in total. The molecule has 2 aromatic carbocycles. The van der Waals surface area contributed by atoms with Crippen LogP contribution >= 0.6 is 15.9 Å². The van der Waals surface area contributed by atoms with Crippen LogP contribution in [0.15, 0.2) is 40.9 Å². The highest BCUT2D eigenvalue weighted by atomic mass is 79.9. The summed E-state index contributed by atoms with van der Waals surface area (Å²) in [6.07, 6.45) is 0.886. The highest BCUT2D eigenvalue weighted by Gasteiger charge is 2.02. The fourth-order valence-corrected chi connectivity index (χ4v) is 2.30. The molecule has 19 heavy (non-hydrogen) atoms. The van der Waals surface area contributed by atoms with Gasteiger partial charge in [-0.25, -0.2) is 4.39 Å². The lowest BCUT2D eigenvalue weighted by atomic mass is 10.1. The average molecular weight is 323 g/mol. The maximum absolute atomic E-state index is 13.3. The first-order valence-corrected chi connectivity index (χ1v) is 6.89. The van der Waals surface area contributed by atoms with Gasteiger partial charge in [0.05, 0.1) is 5.69 Å². The molecule has 0 saturated carbocycles.